The summed E-state index contributed by atoms with van der Waals surface area (Å²) >= 11 is 1.45. The van der Waals surface area contributed by atoms with Gasteiger partial charge in [-0.1, -0.05) is 30.3 Å². The standard InChI is InChI=1S/C10H9NOS/c1-12-10-7-9(13-11-10)8-5-3-2-4-6-8/h2-7H,1H3. The molecule has 1 heterocycles. The van der Waals surface area contributed by atoms with Crippen molar-refractivity contribution >= 4 is 11.5 Å². The predicted molar refractivity (Wildman–Crippen MR) is 54.1 cm³/mol. The summed E-state index contributed by atoms with van der Waals surface area (Å²) < 4.78 is 9.15. The van der Waals surface area contributed by atoms with Crippen LogP contribution in [0.5, 0.6) is 5.88 Å². The van der Waals surface area contributed by atoms with Gasteiger partial charge in [0.15, 0.2) is 0 Å². The zero-order valence-corrected chi connectivity index (χ0v) is 8.04. The molecule has 1 aromatic heterocycles. The first kappa shape index (κ1) is 8.26. The van der Waals surface area contributed by atoms with Crippen molar-refractivity contribution in [2.45, 2.75) is 0 Å². The highest BCUT2D eigenvalue weighted by Gasteiger charge is 2.02. The molecule has 2 rings (SSSR count). The summed E-state index contributed by atoms with van der Waals surface area (Å²) in [6.07, 6.45) is 0. The highest BCUT2D eigenvalue weighted by Crippen LogP contribution is 2.27. The summed E-state index contributed by atoms with van der Waals surface area (Å²) in [6, 6.07) is 12.1. The molecule has 1 aromatic carbocycles. The monoisotopic (exact) mass is 191 g/mol. The van der Waals surface area contributed by atoms with Gasteiger partial charge in [0.25, 0.3) is 0 Å². The second kappa shape index (κ2) is 3.58. The third-order valence-corrected chi connectivity index (χ3v) is 2.58. The third-order valence-electron chi connectivity index (χ3n) is 1.76. The van der Waals surface area contributed by atoms with Crippen LogP contribution in [0.25, 0.3) is 10.4 Å². The van der Waals surface area contributed by atoms with E-state index in [2.05, 4.69) is 16.5 Å². The Bertz CT molecular complexity index is 383. The first-order valence-electron chi connectivity index (χ1n) is 3.96. The summed E-state index contributed by atoms with van der Waals surface area (Å²) in [7, 11) is 1.63. The summed E-state index contributed by atoms with van der Waals surface area (Å²) in [4.78, 5) is 1.14. The van der Waals surface area contributed by atoms with Crippen LogP contribution in [0.3, 0.4) is 0 Å². The van der Waals surface area contributed by atoms with Crippen molar-refractivity contribution in [1.82, 2.24) is 4.37 Å². The molecule has 13 heavy (non-hydrogen) atoms. The fourth-order valence-electron chi connectivity index (χ4n) is 1.09. The van der Waals surface area contributed by atoms with E-state index in [-0.39, 0.29) is 0 Å². The molecule has 0 aliphatic rings. The number of rotatable bonds is 2. The lowest BCUT2D eigenvalue weighted by Crippen LogP contribution is -1.78. The quantitative estimate of drug-likeness (QED) is 0.728. The number of nitrogens with zero attached hydrogens (tertiary/aromatic N) is 1. The summed E-state index contributed by atoms with van der Waals surface area (Å²) in [5.41, 5.74) is 1.18. The van der Waals surface area contributed by atoms with Gasteiger partial charge in [-0.05, 0) is 17.1 Å². The molecule has 0 saturated carbocycles. The Kier molecular flexibility index (Phi) is 2.27. The average Bonchev–Trinajstić information content (AvgIpc) is 2.67. The van der Waals surface area contributed by atoms with Gasteiger partial charge in [0.2, 0.25) is 5.88 Å². The fraction of sp³-hybridized carbons (Fsp3) is 0.100. The maximum Gasteiger partial charge on any atom is 0.225 e. The molecule has 0 unspecified atom stereocenters. The van der Waals surface area contributed by atoms with E-state index >= 15 is 0 Å². The van der Waals surface area contributed by atoms with Crippen molar-refractivity contribution in [3.63, 3.8) is 0 Å². The Morgan fingerprint density at radius 1 is 1.23 bits per heavy atom. The molecule has 0 N–H and O–H groups in total. The van der Waals surface area contributed by atoms with Crippen LogP contribution in [0.1, 0.15) is 0 Å². The highest BCUT2D eigenvalue weighted by molar-refractivity contribution is 7.09. The molecule has 0 aliphatic heterocycles. The topological polar surface area (TPSA) is 22.1 Å². The molecule has 0 amide bonds. The zero-order chi connectivity index (χ0) is 9.10. The van der Waals surface area contributed by atoms with Gasteiger partial charge in [-0.25, -0.2) is 0 Å². The molecular weight excluding hydrogens is 182 g/mol. The Balaban J connectivity index is 2.36. The molecule has 0 bridgehead atoms. The smallest absolute Gasteiger partial charge is 0.225 e. The Labute approximate surface area is 81.0 Å². The van der Waals surface area contributed by atoms with Gasteiger partial charge in [0.1, 0.15) is 0 Å². The number of hydrogen-bond donors (Lipinski definition) is 0. The molecule has 0 saturated heterocycles. The van der Waals surface area contributed by atoms with Crippen molar-refractivity contribution in [2.75, 3.05) is 7.11 Å². The third kappa shape index (κ3) is 1.70. The van der Waals surface area contributed by atoms with Gasteiger partial charge >= 0.3 is 0 Å². The van der Waals surface area contributed by atoms with Crippen LogP contribution in [0, 0.1) is 0 Å². The number of benzene rings is 1. The first-order chi connectivity index (χ1) is 6.40. The summed E-state index contributed by atoms with van der Waals surface area (Å²) in [5, 5.41) is 0. The highest BCUT2D eigenvalue weighted by atomic mass is 32.1. The van der Waals surface area contributed by atoms with Gasteiger partial charge < -0.3 is 4.74 Å². The predicted octanol–water partition coefficient (Wildman–Crippen LogP) is 2.82. The van der Waals surface area contributed by atoms with Crippen molar-refractivity contribution in [2.24, 2.45) is 0 Å². The number of aromatic nitrogens is 1. The molecule has 3 heteroatoms. The fourth-order valence-corrected chi connectivity index (χ4v) is 1.80. The van der Waals surface area contributed by atoms with Crippen molar-refractivity contribution < 1.29 is 4.74 Å². The van der Waals surface area contributed by atoms with Crippen molar-refractivity contribution in [3.05, 3.63) is 36.4 Å². The molecule has 66 valence electrons. The number of hydrogen-bond acceptors (Lipinski definition) is 3. The molecule has 0 atom stereocenters. The van der Waals surface area contributed by atoms with E-state index in [1.54, 1.807) is 7.11 Å². The van der Waals surface area contributed by atoms with Crippen LogP contribution in [0.2, 0.25) is 0 Å². The zero-order valence-electron chi connectivity index (χ0n) is 7.23. The minimum absolute atomic E-state index is 0.684. The molecular formula is C10H9NOS. The van der Waals surface area contributed by atoms with Crippen LogP contribution in [-0.2, 0) is 0 Å². The van der Waals surface area contributed by atoms with Crippen LogP contribution in [-0.4, -0.2) is 11.5 Å². The summed E-state index contributed by atoms with van der Waals surface area (Å²) in [6.45, 7) is 0. The molecule has 2 aromatic rings. The normalized spacial score (nSPS) is 9.92. The Morgan fingerprint density at radius 3 is 2.62 bits per heavy atom. The SMILES string of the molecule is COc1cc(-c2ccccc2)sn1. The van der Waals surface area contributed by atoms with Crippen LogP contribution >= 0.6 is 11.5 Å². The first-order valence-corrected chi connectivity index (χ1v) is 4.73. The largest absolute Gasteiger partial charge is 0.480 e. The molecule has 0 radical (unpaired) electrons. The minimum atomic E-state index is 0.684. The summed E-state index contributed by atoms with van der Waals surface area (Å²) in [5.74, 6) is 0.684. The molecule has 0 spiro atoms. The average molecular weight is 191 g/mol. The lowest BCUT2D eigenvalue weighted by atomic mass is 10.2. The molecule has 0 fully saturated rings. The van der Waals surface area contributed by atoms with E-state index in [1.165, 1.54) is 17.1 Å². The second-order valence-corrected chi connectivity index (χ2v) is 3.40. The van der Waals surface area contributed by atoms with Gasteiger partial charge in [-0.15, -0.1) is 0 Å². The van der Waals surface area contributed by atoms with E-state index < -0.39 is 0 Å². The lowest BCUT2D eigenvalue weighted by Gasteiger charge is -1.92. The van der Waals surface area contributed by atoms with E-state index in [4.69, 9.17) is 4.74 Å². The van der Waals surface area contributed by atoms with Gasteiger partial charge in [0, 0.05) is 6.07 Å². The van der Waals surface area contributed by atoms with Gasteiger partial charge in [0.05, 0.1) is 12.0 Å². The van der Waals surface area contributed by atoms with Crippen LogP contribution in [0.4, 0.5) is 0 Å². The van der Waals surface area contributed by atoms with E-state index in [9.17, 15) is 0 Å². The molecule has 2 nitrogen and oxygen atoms in total. The van der Waals surface area contributed by atoms with Crippen LogP contribution in [0.15, 0.2) is 36.4 Å². The van der Waals surface area contributed by atoms with Gasteiger partial charge in [-0.2, -0.15) is 4.37 Å². The second-order valence-electron chi connectivity index (χ2n) is 2.60. The maximum atomic E-state index is 5.02. The van der Waals surface area contributed by atoms with Crippen LogP contribution < -0.4 is 4.74 Å². The number of ether oxygens (including phenoxy) is 1. The van der Waals surface area contributed by atoms with Crippen molar-refractivity contribution in [1.29, 1.82) is 0 Å². The van der Waals surface area contributed by atoms with Crippen molar-refractivity contribution in [3.8, 4) is 16.3 Å². The van der Waals surface area contributed by atoms with E-state index in [1.807, 2.05) is 24.3 Å². The lowest BCUT2D eigenvalue weighted by molar-refractivity contribution is 0.403. The Hall–Kier alpha value is -1.35. The molecule has 0 aliphatic carbocycles. The number of methoxy groups -OCH3 is 1. The maximum absolute atomic E-state index is 5.02. The van der Waals surface area contributed by atoms with E-state index in [0.717, 1.165) is 4.88 Å². The Morgan fingerprint density at radius 2 is 2.00 bits per heavy atom. The minimum Gasteiger partial charge on any atom is -0.480 e. The van der Waals surface area contributed by atoms with Gasteiger partial charge in [-0.3, -0.25) is 0 Å². The van der Waals surface area contributed by atoms with E-state index in [0.29, 0.717) is 5.88 Å².